The van der Waals surface area contributed by atoms with Gasteiger partial charge in [0.2, 0.25) is 5.91 Å². The topological polar surface area (TPSA) is 152 Å². The molecule has 3 aliphatic rings. The smallest absolute Gasteiger partial charge is 0.325 e. The minimum absolute atomic E-state index is 0.0246. The van der Waals surface area contributed by atoms with Crippen molar-refractivity contribution in [3.05, 3.63) is 24.0 Å². The zero-order valence-corrected chi connectivity index (χ0v) is 16.2. The number of H-pyrrole nitrogens is 1. The molecule has 30 heavy (non-hydrogen) atoms. The van der Waals surface area contributed by atoms with Crippen LogP contribution in [0, 0.1) is 5.92 Å². The van der Waals surface area contributed by atoms with Crippen LogP contribution in [0.5, 0.6) is 0 Å². The fourth-order valence-corrected chi connectivity index (χ4v) is 3.76. The van der Waals surface area contributed by atoms with E-state index in [0.29, 0.717) is 38.5 Å². The molecule has 0 aromatic carbocycles. The third-order valence-electron chi connectivity index (χ3n) is 5.14. The molecule has 4 heterocycles. The zero-order chi connectivity index (χ0) is 21.7. The third-order valence-corrected chi connectivity index (χ3v) is 5.14. The lowest BCUT2D eigenvalue weighted by Crippen LogP contribution is -2.50. The Morgan fingerprint density at radius 1 is 1.23 bits per heavy atom. The second-order valence-electron chi connectivity index (χ2n) is 7.14. The first kappa shape index (κ1) is 21.3. The number of nitrogens with one attached hydrogen (secondary N) is 2. The molecule has 0 saturated carbocycles. The Hall–Kier alpha value is -3.41. The maximum Gasteiger partial charge on any atom is 0.325 e. The Labute approximate surface area is 171 Å². The number of fused-ring (bicyclic) bond motifs is 3. The van der Waals surface area contributed by atoms with Gasteiger partial charge in [-0.25, -0.2) is 4.79 Å². The largest absolute Gasteiger partial charge is 0.483 e. The van der Waals surface area contributed by atoms with Crippen molar-refractivity contribution in [3.8, 4) is 0 Å². The van der Waals surface area contributed by atoms with E-state index in [4.69, 9.17) is 14.6 Å². The van der Waals surface area contributed by atoms with Gasteiger partial charge in [0, 0.05) is 31.7 Å². The number of hydrogen-bond donors (Lipinski definition) is 3. The van der Waals surface area contributed by atoms with Gasteiger partial charge >= 0.3 is 6.03 Å². The number of ether oxygens (including phenoxy) is 1. The number of hydrogen-bond acceptors (Lipinski definition) is 6. The minimum atomic E-state index is -0.546. The average Bonchev–Trinajstić information content (AvgIpc) is 3.23. The van der Waals surface area contributed by atoms with E-state index in [9.17, 15) is 19.2 Å². The molecule has 0 spiro atoms. The molecule has 4 rings (SSSR count). The standard InChI is InChI=1S/C17H21N5O5.CH2O2/c23-14-4-19-17(26)22(14)8-15(24)20-5-11-6-21(12(7-20)10-27-9-11)16(25)13-2-1-3-18-13;2-1-3/h1-3,11-12,18H,4-10H2,(H,19,26);1H,(H,2,3)/t11-,12-;/m0./s1. The predicted octanol–water partition coefficient (Wildman–Crippen LogP) is -1.43. The SMILES string of the molecule is O=C(CN1C(=O)CNC1=O)N1C[C@@H]2COC[C@H](C1)N(C(=O)c1ccc[nH]1)C2.O=CO. The second-order valence-corrected chi connectivity index (χ2v) is 7.14. The van der Waals surface area contributed by atoms with Gasteiger partial charge in [-0.2, -0.15) is 0 Å². The van der Waals surface area contributed by atoms with Crippen LogP contribution < -0.4 is 5.32 Å². The summed E-state index contributed by atoms with van der Waals surface area (Å²) in [5.41, 5.74) is 0.500. The summed E-state index contributed by atoms with van der Waals surface area (Å²) in [6, 6.07) is 2.66. The van der Waals surface area contributed by atoms with Crippen LogP contribution in [0.2, 0.25) is 0 Å². The van der Waals surface area contributed by atoms with Gasteiger partial charge in [0.15, 0.2) is 0 Å². The van der Waals surface area contributed by atoms with E-state index < -0.39 is 11.9 Å². The zero-order valence-electron chi connectivity index (χ0n) is 16.2. The molecule has 3 fully saturated rings. The third kappa shape index (κ3) is 4.59. The summed E-state index contributed by atoms with van der Waals surface area (Å²) in [5.74, 6) is -0.853. The minimum Gasteiger partial charge on any atom is -0.483 e. The number of imide groups is 1. The maximum absolute atomic E-state index is 12.8. The monoisotopic (exact) mass is 421 g/mol. The van der Waals surface area contributed by atoms with Gasteiger partial charge < -0.3 is 29.9 Å². The van der Waals surface area contributed by atoms with Gasteiger partial charge in [0.05, 0.1) is 25.8 Å². The van der Waals surface area contributed by atoms with Crippen LogP contribution in [0.4, 0.5) is 4.79 Å². The molecule has 5 amide bonds. The molecule has 0 aliphatic carbocycles. The van der Waals surface area contributed by atoms with Gasteiger partial charge in [-0.1, -0.05) is 0 Å². The summed E-state index contributed by atoms with van der Waals surface area (Å²) in [5, 5.41) is 9.30. The van der Waals surface area contributed by atoms with Crippen LogP contribution in [0.15, 0.2) is 18.3 Å². The van der Waals surface area contributed by atoms with Crippen LogP contribution >= 0.6 is 0 Å². The van der Waals surface area contributed by atoms with E-state index in [1.54, 1.807) is 28.1 Å². The number of carbonyl (C=O) groups is 5. The molecule has 3 saturated heterocycles. The van der Waals surface area contributed by atoms with Crippen LogP contribution in [0.1, 0.15) is 10.5 Å². The summed E-state index contributed by atoms with van der Waals surface area (Å²) in [6.07, 6.45) is 1.70. The van der Waals surface area contributed by atoms with Crippen molar-refractivity contribution < 1.29 is 33.8 Å². The average molecular weight is 421 g/mol. The van der Waals surface area contributed by atoms with Gasteiger partial charge in [-0.3, -0.25) is 24.1 Å². The summed E-state index contributed by atoms with van der Waals surface area (Å²) in [7, 11) is 0. The molecule has 0 radical (unpaired) electrons. The van der Waals surface area contributed by atoms with Crippen molar-refractivity contribution in [3.63, 3.8) is 0 Å². The van der Waals surface area contributed by atoms with Crippen molar-refractivity contribution in [2.75, 3.05) is 45.9 Å². The van der Waals surface area contributed by atoms with Crippen LogP contribution in [-0.2, 0) is 19.1 Å². The fraction of sp³-hybridized carbons (Fsp3) is 0.500. The van der Waals surface area contributed by atoms with Gasteiger partial charge in [-0.15, -0.1) is 0 Å². The Morgan fingerprint density at radius 3 is 2.63 bits per heavy atom. The van der Waals surface area contributed by atoms with E-state index in [1.165, 1.54) is 0 Å². The number of aromatic amines is 1. The van der Waals surface area contributed by atoms with Crippen LogP contribution in [0.25, 0.3) is 0 Å². The molecule has 1 aromatic rings. The Balaban J connectivity index is 0.000000806. The molecular formula is C18H23N5O7. The molecule has 1 aromatic heterocycles. The highest BCUT2D eigenvalue weighted by Gasteiger charge is 2.39. The quantitative estimate of drug-likeness (QED) is 0.399. The number of carbonyl (C=O) groups excluding carboxylic acids is 4. The summed E-state index contributed by atoms with van der Waals surface area (Å²) < 4.78 is 5.68. The van der Waals surface area contributed by atoms with Crippen molar-refractivity contribution in [2.45, 2.75) is 6.04 Å². The van der Waals surface area contributed by atoms with E-state index in [1.807, 2.05) is 0 Å². The number of amides is 5. The number of aromatic nitrogens is 1. The van der Waals surface area contributed by atoms with E-state index in [2.05, 4.69) is 10.3 Å². The number of rotatable bonds is 3. The molecule has 3 N–H and O–H groups in total. The van der Waals surface area contributed by atoms with E-state index >= 15 is 0 Å². The number of urea groups is 1. The Bertz CT molecular complexity index is 796. The number of carboxylic acid groups (broad SMARTS) is 1. The summed E-state index contributed by atoms with van der Waals surface area (Å²) in [4.78, 5) is 64.6. The van der Waals surface area contributed by atoms with Gasteiger partial charge in [0.1, 0.15) is 12.2 Å². The summed E-state index contributed by atoms with van der Waals surface area (Å²) >= 11 is 0. The molecule has 2 bridgehead atoms. The second kappa shape index (κ2) is 9.39. The highest BCUT2D eigenvalue weighted by Crippen LogP contribution is 2.22. The first-order valence-electron chi connectivity index (χ1n) is 9.40. The van der Waals surface area contributed by atoms with E-state index in [-0.39, 0.29) is 43.3 Å². The fourth-order valence-electron chi connectivity index (χ4n) is 3.76. The van der Waals surface area contributed by atoms with Crippen LogP contribution in [0.3, 0.4) is 0 Å². The Morgan fingerprint density at radius 2 is 2.00 bits per heavy atom. The molecule has 162 valence electrons. The molecule has 12 nitrogen and oxygen atoms in total. The normalized spacial score (nSPS) is 23.3. The van der Waals surface area contributed by atoms with Crippen molar-refractivity contribution >= 4 is 30.2 Å². The molecule has 12 heteroatoms. The highest BCUT2D eigenvalue weighted by molar-refractivity contribution is 6.04. The lowest BCUT2D eigenvalue weighted by Gasteiger charge is -2.31. The lowest BCUT2D eigenvalue weighted by atomic mass is 10.1. The van der Waals surface area contributed by atoms with Gasteiger partial charge in [-0.05, 0) is 12.1 Å². The van der Waals surface area contributed by atoms with Crippen molar-refractivity contribution in [1.29, 1.82) is 0 Å². The molecule has 2 atom stereocenters. The van der Waals surface area contributed by atoms with Crippen molar-refractivity contribution in [2.24, 2.45) is 5.92 Å². The van der Waals surface area contributed by atoms with E-state index in [0.717, 1.165) is 4.90 Å². The first-order valence-corrected chi connectivity index (χ1v) is 9.40. The lowest BCUT2D eigenvalue weighted by molar-refractivity contribution is -0.137. The van der Waals surface area contributed by atoms with Crippen LogP contribution in [-0.4, -0.2) is 107 Å². The maximum atomic E-state index is 12.8. The molecule has 0 unspecified atom stereocenters. The van der Waals surface area contributed by atoms with Crippen molar-refractivity contribution in [1.82, 2.24) is 25.0 Å². The molecular weight excluding hydrogens is 398 g/mol. The van der Waals surface area contributed by atoms with Gasteiger partial charge in [0.25, 0.3) is 18.3 Å². The number of nitrogens with zero attached hydrogens (tertiary/aromatic N) is 3. The summed E-state index contributed by atoms with van der Waals surface area (Å²) in [6.45, 7) is 1.42. The predicted molar refractivity (Wildman–Crippen MR) is 100 cm³/mol. The Kier molecular flexibility index (Phi) is 6.67. The first-order chi connectivity index (χ1) is 14.4. The highest BCUT2D eigenvalue weighted by atomic mass is 16.5. The molecule has 3 aliphatic heterocycles.